The highest BCUT2D eigenvalue weighted by atomic mass is 19.1. The SMILES string of the molecule is CC1C[C@]12O[C@H](c1ccncc1NC(=O)c1ccc(F)c(-c3c(F)cccc3F)n1)C[C@H](N)[C@H]2O. The van der Waals surface area contributed by atoms with Gasteiger partial charge in [-0.3, -0.25) is 9.78 Å². The fraction of sp³-hybridized carbons (Fsp3) is 0.320. The fourth-order valence-corrected chi connectivity index (χ4v) is 4.75. The first-order chi connectivity index (χ1) is 16.7. The van der Waals surface area contributed by atoms with Gasteiger partial charge < -0.3 is 20.9 Å². The molecule has 2 aliphatic rings. The molecule has 35 heavy (non-hydrogen) atoms. The van der Waals surface area contributed by atoms with Crippen LogP contribution in [-0.4, -0.2) is 38.7 Å². The third-order valence-corrected chi connectivity index (χ3v) is 6.78. The predicted octanol–water partition coefficient (Wildman–Crippen LogP) is 3.74. The molecule has 1 saturated heterocycles. The third kappa shape index (κ3) is 4.07. The van der Waals surface area contributed by atoms with E-state index in [1.807, 2.05) is 6.92 Å². The number of nitrogens with one attached hydrogen (secondary N) is 1. The molecule has 10 heteroatoms. The minimum absolute atomic E-state index is 0.145. The quantitative estimate of drug-likeness (QED) is 0.521. The number of benzene rings is 1. The van der Waals surface area contributed by atoms with Crippen LogP contribution in [0.4, 0.5) is 18.9 Å². The maximum absolute atomic E-state index is 14.4. The van der Waals surface area contributed by atoms with E-state index in [2.05, 4.69) is 15.3 Å². The number of aliphatic hydroxyl groups is 1. The second kappa shape index (κ2) is 8.71. The molecule has 5 rings (SSSR count). The van der Waals surface area contributed by atoms with E-state index in [4.69, 9.17) is 10.5 Å². The summed E-state index contributed by atoms with van der Waals surface area (Å²) in [6.07, 6.45) is 2.70. The van der Waals surface area contributed by atoms with Gasteiger partial charge in [0, 0.05) is 17.8 Å². The lowest BCUT2D eigenvalue weighted by Crippen LogP contribution is -2.52. The number of hydrogen-bond acceptors (Lipinski definition) is 6. The van der Waals surface area contributed by atoms with Gasteiger partial charge in [0.15, 0.2) is 0 Å². The number of hydrogen-bond donors (Lipinski definition) is 3. The Morgan fingerprint density at radius 2 is 1.89 bits per heavy atom. The highest BCUT2D eigenvalue weighted by Gasteiger charge is 2.62. The van der Waals surface area contributed by atoms with Crippen LogP contribution >= 0.6 is 0 Å². The largest absolute Gasteiger partial charge is 0.388 e. The van der Waals surface area contributed by atoms with Crippen molar-refractivity contribution < 1.29 is 27.8 Å². The van der Waals surface area contributed by atoms with E-state index in [0.29, 0.717) is 24.1 Å². The normalized spacial score (nSPS) is 27.6. The zero-order valence-corrected chi connectivity index (χ0v) is 18.7. The van der Waals surface area contributed by atoms with Crippen molar-refractivity contribution in [2.45, 2.75) is 43.6 Å². The molecule has 3 aromatic rings. The molecule has 1 aliphatic carbocycles. The van der Waals surface area contributed by atoms with Crippen molar-refractivity contribution in [3.63, 3.8) is 0 Å². The molecule has 1 spiro atoms. The van der Waals surface area contributed by atoms with E-state index < -0.39 is 58.5 Å². The maximum Gasteiger partial charge on any atom is 0.274 e. The molecule has 1 aliphatic heterocycles. The van der Waals surface area contributed by atoms with Crippen LogP contribution in [0.15, 0.2) is 48.8 Å². The highest BCUT2D eigenvalue weighted by molar-refractivity contribution is 6.03. The van der Waals surface area contributed by atoms with E-state index in [1.54, 1.807) is 12.3 Å². The summed E-state index contributed by atoms with van der Waals surface area (Å²) in [4.78, 5) is 21.0. The van der Waals surface area contributed by atoms with Gasteiger partial charge >= 0.3 is 0 Å². The lowest BCUT2D eigenvalue weighted by molar-refractivity contribution is -0.152. The number of aromatic nitrogens is 2. The van der Waals surface area contributed by atoms with Gasteiger partial charge in [0.05, 0.1) is 35.3 Å². The topological polar surface area (TPSA) is 110 Å². The van der Waals surface area contributed by atoms with Gasteiger partial charge in [0.25, 0.3) is 5.91 Å². The maximum atomic E-state index is 14.4. The van der Waals surface area contributed by atoms with Crippen LogP contribution in [0.2, 0.25) is 0 Å². The summed E-state index contributed by atoms with van der Waals surface area (Å²) in [6.45, 7) is 1.98. The van der Waals surface area contributed by atoms with E-state index in [1.165, 1.54) is 6.20 Å². The number of pyridine rings is 2. The van der Waals surface area contributed by atoms with E-state index >= 15 is 0 Å². The van der Waals surface area contributed by atoms with Crippen molar-refractivity contribution in [1.29, 1.82) is 0 Å². The molecule has 182 valence electrons. The summed E-state index contributed by atoms with van der Waals surface area (Å²) in [5, 5.41) is 13.2. The summed E-state index contributed by atoms with van der Waals surface area (Å²) < 4.78 is 49.1. The molecular weight excluding hydrogens is 461 g/mol. The summed E-state index contributed by atoms with van der Waals surface area (Å²) >= 11 is 0. The molecule has 1 saturated carbocycles. The Morgan fingerprint density at radius 3 is 2.57 bits per heavy atom. The number of ether oxygens (including phenoxy) is 1. The van der Waals surface area contributed by atoms with Crippen molar-refractivity contribution in [3.05, 3.63) is 77.5 Å². The Hall–Kier alpha value is -3.34. The van der Waals surface area contributed by atoms with E-state index in [0.717, 1.165) is 30.3 Å². The molecule has 4 N–H and O–H groups in total. The monoisotopic (exact) mass is 484 g/mol. The molecular formula is C25H23F3N4O3. The Labute approximate surface area is 199 Å². The molecule has 0 bridgehead atoms. The summed E-state index contributed by atoms with van der Waals surface area (Å²) in [6, 6.07) is 6.33. The molecule has 7 nitrogen and oxygen atoms in total. The Kier molecular flexibility index (Phi) is 5.82. The number of anilines is 1. The average Bonchev–Trinajstić information content (AvgIpc) is 3.47. The van der Waals surface area contributed by atoms with Crippen LogP contribution in [0, 0.1) is 23.4 Å². The van der Waals surface area contributed by atoms with Gasteiger partial charge in [0.1, 0.15) is 28.8 Å². The minimum atomic E-state index is -1.00. The van der Waals surface area contributed by atoms with Crippen molar-refractivity contribution in [1.82, 2.24) is 9.97 Å². The third-order valence-electron chi connectivity index (χ3n) is 6.78. The summed E-state index contributed by atoms with van der Waals surface area (Å²) in [7, 11) is 0. The first-order valence-corrected chi connectivity index (χ1v) is 11.2. The number of aliphatic hydroxyl groups excluding tert-OH is 1. The van der Waals surface area contributed by atoms with Gasteiger partial charge in [-0.05, 0) is 49.1 Å². The van der Waals surface area contributed by atoms with Crippen LogP contribution in [-0.2, 0) is 4.74 Å². The van der Waals surface area contributed by atoms with Crippen LogP contribution in [0.5, 0.6) is 0 Å². The van der Waals surface area contributed by atoms with Crippen LogP contribution in [0.3, 0.4) is 0 Å². The first kappa shape index (κ1) is 23.4. The minimum Gasteiger partial charge on any atom is -0.388 e. The first-order valence-electron chi connectivity index (χ1n) is 11.2. The molecule has 3 heterocycles. The van der Waals surface area contributed by atoms with Crippen LogP contribution < -0.4 is 11.1 Å². The van der Waals surface area contributed by atoms with E-state index in [9.17, 15) is 23.1 Å². The lowest BCUT2D eigenvalue weighted by atomic mass is 9.90. The van der Waals surface area contributed by atoms with Crippen LogP contribution in [0.25, 0.3) is 11.3 Å². The van der Waals surface area contributed by atoms with Crippen molar-refractivity contribution in [3.8, 4) is 11.3 Å². The van der Waals surface area contributed by atoms with Gasteiger partial charge in [0.2, 0.25) is 0 Å². The number of halogens is 3. The second-order valence-corrected chi connectivity index (χ2v) is 9.05. The molecule has 1 aromatic carbocycles. The smallest absolute Gasteiger partial charge is 0.274 e. The number of nitrogens with zero attached hydrogens (tertiary/aromatic N) is 2. The van der Waals surface area contributed by atoms with Crippen LogP contribution in [0.1, 0.15) is 41.9 Å². The fourth-order valence-electron chi connectivity index (χ4n) is 4.75. The number of carbonyl (C=O) groups excluding carboxylic acids is 1. The second-order valence-electron chi connectivity index (χ2n) is 9.05. The van der Waals surface area contributed by atoms with Gasteiger partial charge in [-0.15, -0.1) is 0 Å². The summed E-state index contributed by atoms with van der Waals surface area (Å²) in [5.74, 6) is -3.56. The molecule has 5 atom stereocenters. The number of amides is 1. The zero-order valence-electron chi connectivity index (χ0n) is 18.7. The van der Waals surface area contributed by atoms with E-state index in [-0.39, 0.29) is 11.6 Å². The Balaban J connectivity index is 1.43. The Morgan fingerprint density at radius 1 is 1.17 bits per heavy atom. The number of rotatable bonds is 4. The molecule has 0 radical (unpaired) electrons. The predicted molar refractivity (Wildman–Crippen MR) is 121 cm³/mol. The van der Waals surface area contributed by atoms with Crippen molar-refractivity contribution in [2.24, 2.45) is 11.7 Å². The molecule has 1 amide bonds. The Bertz CT molecular complexity index is 1290. The van der Waals surface area contributed by atoms with Gasteiger partial charge in [-0.2, -0.15) is 0 Å². The molecule has 2 fully saturated rings. The van der Waals surface area contributed by atoms with Gasteiger partial charge in [-0.1, -0.05) is 13.0 Å². The lowest BCUT2D eigenvalue weighted by Gasteiger charge is -2.39. The molecule has 2 aromatic heterocycles. The molecule has 1 unspecified atom stereocenters. The average molecular weight is 484 g/mol. The zero-order chi connectivity index (χ0) is 24.9. The summed E-state index contributed by atoms with van der Waals surface area (Å²) in [5.41, 5.74) is 4.89. The number of carbonyl (C=O) groups is 1. The van der Waals surface area contributed by atoms with Crippen molar-refractivity contribution >= 4 is 11.6 Å². The standard InChI is InChI=1S/C25H23F3N4O3/c1-12-10-25(12)23(33)17(29)9-20(35-25)13-7-8-30-11-19(13)32-24(34)18-6-5-16(28)22(31-18)21-14(26)3-2-4-15(21)27/h2-8,11-12,17,20,23,33H,9-10,29H2,1H3,(H,32,34)/t12?,17-,20-,23+,25-/m0/s1. The van der Waals surface area contributed by atoms with Crippen molar-refractivity contribution in [2.75, 3.05) is 5.32 Å². The highest BCUT2D eigenvalue weighted by Crippen LogP contribution is 2.56. The number of nitrogens with two attached hydrogens (primary N) is 1. The van der Waals surface area contributed by atoms with Gasteiger partial charge in [-0.25, -0.2) is 18.2 Å².